The minimum absolute atomic E-state index is 0.101. The maximum absolute atomic E-state index is 11.7. The van der Waals surface area contributed by atoms with E-state index in [-0.39, 0.29) is 11.2 Å². The van der Waals surface area contributed by atoms with Gasteiger partial charge in [0.05, 0.1) is 10.6 Å². The molecule has 0 aliphatic heterocycles. The SMILES string of the molecule is CCN(CC)c1cc(Nc2ccc(SC#N)cc2)c([N+](=O)[O-])c2nonc12. The van der Waals surface area contributed by atoms with Gasteiger partial charge < -0.3 is 10.2 Å². The zero-order chi connectivity index (χ0) is 19.4. The number of benzene rings is 2. The molecule has 10 heteroatoms. The molecule has 0 aliphatic rings. The molecule has 0 radical (unpaired) electrons. The van der Waals surface area contributed by atoms with Crippen molar-refractivity contribution in [1.29, 1.82) is 5.26 Å². The third-order valence-electron chi connectivity index (χ3n) is 4.08. The Balaban J connectivity index is 2.11. The van der Waals surface area contributed by atoms with Crippen LogP contribution in [0.25, 0.3) is 11.0 Å². The summed E-state index contributed by atoms with van der Waals surface area (Å²) in [5, 5.41) is 33.1. The number of rotatable bonds is 7. The van der Waals surface area contributed by atoms with Gasteiger partial charge in [0.2, 0.25) is 5.52 Å². The quantitative estimate of drug-likeness (QED) is 0.275. The molecule has 0 bridgehead atoms. The maximum atomic E-state index is 11.7. The average molecular weight is 384 g/mol. The Hall–Kier alpha value is -3.32. The lowest BCUT2D eigenvalue weighted by atomic mass is 10.1. The Morgan fingerprint density at radius 2 is 1.93 bits per heavy atom. The van der Waals surface area contributed by atoms with E-state index in [0.717, 1.165) is 16.7 Å². The van der Waals surface area contributed by atoms with Crippen LogP contribution >= 0.6 is 11.8 Å². The van der Waals surface area contributed by atoms with E-state index < -0.39 is 4.92 Å². The standard InChI is InChI=1S/C17H16N6O3S/c1-3-22(4-2)14-9-13(17(23(24)25)16-15(14)20-26-21-16)19-11-5-7-12(8-6-11)27-10-18/h5-9,19H,3-4H2,1-2H3. The summed E-state index contributed by atoms with van der Waals surface area (Å²) in [6.07, 6.45) is 0. The average Bonchev–Trinajstić information content (AvgIpc) is 3.13. The second-order valence-corrected chi connectivity index (χ2v) is 6.38. The summed E-state index contributed by atoms with van der Waals surface area (Å²) >= 11 is 1.05. The predicted octanol–water partition coefficient (Wildman–Crippen LogP) is 4.29. The zero-order valence-electron chi connectivity index (χ0n) is 14.7. The number of thiocyanates is 1. The second kappa shape index (κ2) is 7.92. The first-order valence-electron chi connectivity index (χ1n) is 8.20. The molecular formula is C17H16N6O3S. The van der Waals surface area contributed by atoms with Gasteiger partial charge in [-0.1, -0.05) is 0 Å². The third kappa shape index (κ3) is 3.63. The van der Waals surface area contributed by atoms with Gasteiger partial charge in [-0.2, -0.15) is 5.26 Å². The number of aromatic nitrogens is 2. The van der Waals surface area contributed by atoms with E-state index in [1.54, 1.807) is 30.3 Å². The summed E-state index contributed by atoms with van der Waals surface area (Å²) in [6, 6.07) is 8.74. The molecule has 138 valence electrons. The van der Waals surface area contributed by atoms with Crippen molar-refractivity contribution in [2.24, 2.45) is 0 Å². The van der Waals surface area contributed by atoms with E-state index >= 15 is 0 Å². The van der Waals surface area contributed by atoms with E-state index in [1.165, 1.54) is 0 Å². The largest absolute Gasteiger partial charge is 0.370 e. The Morgan fingerprint density at radius 3 is 2.52 bits per heavy atom. The van der Waals surface area contributed by atoms with Crippen molar-refractivity contribution in [3.05, 3.63) is 40.4 Å². The summed E-state index contributed by atoms with van der Waals surface area (Å²) in [5.74, 6) is 0. The molecule has 0 fully saturated rings. The molecule has 0 saturated heterocycles. The summed E-state index contributed by atoms with van der Waals surface area (Å²) in [5.41, 5.74) is 1.92. The van der Waals surface area contributed by atoms with Gasteiger partial charge in [-0.05, 0) is 66.3 Å². The molecule has 1 heterocycles. The summed E-state index contributed by atoms with van der Waals surface area (Å²) in [6.45, 7) is 5.39. The highest BCUT2D eigenvalue weighted by Gasteiger charge is 2.27. The number of hydrogen-bond acceptors (Lipinski definition) is 9. The van der Waals surface area contributed by atoms with E-state index in [1.807, 2.05) is 24.1 Å². The topological polar surface area (TPSA) is 121 Å². The number of nitrogens with zero attached hydrogens (tertiary/aromatic N) is 5. The molecule has 0 saturated carbocycles. The summed E-state index contributed by atoms with van der Waals surface area (Å²) in [7, 11) is 0. The molecule has 3 aromatic rings. The number of anilines is 3. The number of nitrogens with one attached hydrogen (secondary N) is 1. The fourth-order valence-electron chi connectivity index (χ4n) is 2.81. The molecule has 2 aromatic carbocycles. The zero-order valence-corrected chi connectivity index (χ0v) is 15.5. The smallest absolute Gasteiger partial charge is 0.324 e. The normalized spacial score (nSPS) is 10.6. The van der Waals surface area contributed by atoms with Crippen molar-refractivity contribution < 1.29 is 9.55 Å². The highest BCUT2D eigenvalue weighted by molar-refractivity contribution is 8.03. The number of hydrogen-bond donors (Lipinski definition) is 1. The van der Waals surface area contributed by atoms with Gasteiger partial charge in [-0.15, -0.1) is 0 Å². The van der Waals surface area contributed by atoms with Crippen LogP contribution in [0.15, 0.2) is 39.9 Å². The van der Waals surface area contributed by atoms with Crippen molar-refractivity contribution in [3.63, 3.8) is 0 Å². The molecule has 1 N–H and O–H groups in total. The fraction of sp³-hybridized carbons (Fsp3) is 0.235. The molecule has 9 nitrogen and oxygen atoms in total. The lowest BCUT2D eigenvalue weighted by molar-refractivity contribution is -0.382. The van der Waals surface area contributed by atoms with E-state index in [4.69, 9.17) is 9.89 Å². The number of nitro groups is 1. The lowest BCUT2D eigenvalue weighted by Crippen LogP contribution is -2.22. The van der Waals surface area contributed by atoms with Crippen LogP contribution in [0.5, 0.6) is 0 Å². The summed E-state index contributed by atoms with van der Waals surface area (Å²) < 4.78 is 4.79. The first-order chi connectivity index (χ1) is 13.1. The van der Waals surface area contributed by atoms with Gasteiger partial charge in [0.15, 0.2) is 5.52 Å². The minimum atomic E-state index is -0.499. The Morgan fingerprint density at radius 1 is 1.26 bits per heavy atom. The molecule has 1 aromatic heterocycles. The maximum Gasteiger partial charge on any atom is 0.324 e. The molecule has 0 spiro atoms. The van der Waals surface area contributed by atoms with Crippen LogP contribution in [0.3, 0.4) is 0 Å². The molecule has 0 amide bonds. The number of thioether (sulfide) groups is 1. The van der Waals surface area contributed by atoms with E-state index in [2.05, 4.69) is 15.6 Å². The van der Waals surface area contributed by atoms with Crippen molar-refractivity contribution in [3.8, 4) is 5.40 Å². The Bertz CT molecular complexity index is 1010. The molecule has 3 rings (SSSR count). The minimum Gasteiger partial charge on any atom is -0.370 e. The van der Waals surface area contributed by atoms with Crippen molar-refractivity contribution in [2.75, 3.05) is 23.3 Å². The predicted molar refractivity (Wildman–Crippen MR) is 103 cm³/mol. The van der Waals surface area contributed by atoms with Gasteiger partial charge in [-0.3, -0.25) is 10.1 Å². The van der Waals surface area contributed by atoms with Crippen LogP contribution in [0.2, 0.25) is 0 Å². The van der Waals surface area contributed by atoms with Crippen molar-refractivity contribution in [1.82, 2.24) is 10.3 Å². The molecular weight excluding hydrogens is 368 g/mol. The second-order valence-electron chi connectivity index (χ2n) is 5.53. The number of nitro benzene ring substituents is 1. The van der Waals surface area contributed by atoms with E-state index in [0.29, 0.717) is 35.7 Å². The number of nitriles is 1. The van der Waals surface area contributed by atoms with Crippen LogP contribution in [0.1, 0.15) is 13.8 Å². The fourth-order valence-corrected chi connectivity index (χ4v) is 3.19. The van der Waals surface area contributed by atoms with Crippen molar-refractivity contribution in [2.45, 2.75) is 18.7 Å². The van der Waals surface area contributed by atoms with Gasteiger partial charge in [-0.25, -0.2) is 4.63 Å². The Labute approximate surface area is 159 Å². The van der Waals surface area contributed by atoms with Gasteiger partial charge in [0.1, 0.15) is 11.1 Å². The first-order valence-corrected chi connectivity index (χ1v) is 9.02. The highest BCUT2D eigenvalue weighted by Crippen LogP contribution is 2.39. The molecule has 0 unspecified atom stereocenters. The van der Waals surface area contributed by atoms with Gasteiger partial charge in [0.25, 0.3) is 0 Å². The molecule has 27 heavy (non-hydrogen) atoms. The van der Waals surface area contributed by atoms with Crippen LogP contribution in [0, 0.1) is 20.8 Å². The third-order valence-corrected chi connectivity index (χ3v) is 4.67. The van der Waals surface area contributed by atoms with Crippen LogP contribution in [-0.4, -0.2) is 28.3 Å². The van der Waals surface area contributed by atoms with Crippen LogP contribution in [0.4, 0.5) is 22.7 Å². The lowest BCUT2D eigenvalue weighted by Gasteiger charge is -2.21. The van der Waals surface area contributed by atoms with Crippen LogP contribution in [-0.2, 0) is 0 Å². The van der Waals surface area contributed by atoms with Crippen LogP contribution < -0.4 is 10.2 Å². The molecule has 0 aliphatic carbocycles. The van der Waals surface area contributed by atoms with Crippen molar-refractivity contribution >= 4 is 45.5 Å². The van der Waals surface area contributed by atoms with Gasteiger partial charge in [0, 0.05) is 23.7 Å². The van der Waals surface area contributed by atoms with E-state index in [9.17, 15) is 10.1 Å². The summed E-state index contributed by atoms with van der Waals surface area (Å²) in [4.78, 5) is 14.0. The monoisotopic (exact) mass is 384 g/mol. The Kier molecular flexibility index (Phi) is 5.42. The first kappa shape index (κ1) is 18.5. The van der Waals surface area contributed by atoms with Gasteiger partial charge >= 0.3 is 5.69 Å². The molecule has 0 atom stereocenters. The highest BCUT2D eigenvalue weighted by atomic mass is 32.2. The number of fused-ring (bicyclic) bond motifs is 1.